The van der Waals surface area contributed by atoms with E-state index in [4.69, 9.17) is 4.74 Å². The van der Waals surface area contributed by atoms with Crippen LogP contribution < -0.4 is 9.80 Å². The van der Waals surface area contributed by atoms with Crippen molar-refractivity contribution >= 4 is 11.6 Å². The third-order valence-electron chi connectivity index (χ3n) is 5.36. The van der Waals surface area contributed by atoms with Crippen LogP contribution in [0.4, 0.5) is 24.8 Å². The molecule has 0 atom stereocenters. The van der Waals surface area contributed by atoms with Crippen LogP contribution in [0.25, 0.3) is 0 Å². The first kappa shape index (κ1) is 20.8. The van der Waals surface area contributed by atoms with Gasteiger partial charge in [0.25, 0.3) is 0 Å². The highest BCUT2D eigenvalue weighted by atomic mass is 19.4. The van der Waals surface area contributed by atoms with Gasteiger partial charge in [0.15, 0.2) is 0 Å². The Kier molecular flexibility index (Phi) is 6.05. The molecule has 10 heteroatoms. The van der Waals surface area contributed by atoms with E-state index < -0.39 is 11.9 Å². The minimum atomic E-state index is -4.40. The van der Waals surface area contributed by atoms with Gasteiger partial charge < -0.3 is 14.5 Å². The molecule has 0 N–H and O–H groups in total. The van der Waals surface area contributed by atoms with Gasteiger partial charge in [0.2, 0.25) is 0 Å². The topological polar surface area (TPSA) is 57.6 Å². The van der Waals surface area contributed by atoms with Crippen LogP contribution in [0.2, 0.25) is 0 Å². The molecule has 0 aromatic carbocycles. The molecule has 2 aromatic heterocycles. The lowest BCUT2D eigenvalue weighted by Gasteiger charge is -2.36. The second kappa shape index (κ2) is 8.73. The quantitative estimate of drug-likeness (QED) is 0.750. The van der Waals surface area contributed by atoms with Gasteiger partial charge in [-0.1, -0.05) is 6.07 Å². The van der Waals surface area contributed by atoms with E-state index in [9.17, 15) is 13.2 Å². The molecule has 162 valence electrons. The molecular weight excluding hydrogens is 397 g/mol. The molecule has 4 rings (SSSR count). The Labute approximate surface area is 173 Å². The van der Waals surface area contributed by atoms with E-state index in [1.165, 1.54) is 12.3 Å². The Morgan fingerprint density at radius 2 is 1.57 bits per heavy atom. The van der Waals surface area contributed by atoms with Crippen molar-refractivity contribution < 1.29 is 17.9 Å². The van der Waals surface area contributed by atoms with Crippen molar-refractivity contribution in [2.45, 2.75) is 19.6 Å². The monoisotopic (exact) mass is 422 g/mol. The maximum atomic E-state index is 12.7. The van der Waals surface area contributed by atoms with Gasteiger partial charge in [-0.15, -0.1) is 0 Å². The molecule has 2 saturated heterocycles. The van der Waals surface area contributed by atoms with Gasteiger partial charge in [0, 0.05) is 58.1 Å². The van der Waals surface area contributed by atoms with Crippen molar-refractivity contribution in [3.8, 4) is 0 Å². The molecule has 4 heterocycles. The van der Waals surface area contributed by atoms with Crippen molar-refractivity contribution in [2.24, 2.45) is 0 Å². The summed E-state index contributed by atoms with van der Waals surface area (Å²) in [5.41, 5.74) is -0.0739. The Morgan fingerprint density at radius 1 is 0.933 bits per heavy atom. The number of hydrogen-bond donors (Lipinski definition) is 0. The van der Waals surface area contributed by atoms with Crippen LogP contribution in [0.5, 0.6) is 0 Å². The summed E-state index contributed by atoms with van der Waals surface area (Å²) in [6.45, 7) is 8.75. The molecule has 0 unspecified atom stereocenters. The summed E-state index contributed by atoms with van der Waals surface area (Å²) in [5, 5.41) is 0. The minimum Gasteiger partial charge on any atom is -0.378 e. The van der Waals surface area contributed by atoms with E-state index in [1.54, 1.807) is 0 Å². The van der Waals surface area contributed by atoms with Crippen LogP contribution in [0, 0.1) is 6.92 Å². The molecule has 0 spiro atoms. The SMILES string of the molecule is Cc1nc(N2CCOCC2)cc(N2CCN(Cc3ccc(C(F)(F)F)nc3)CC2)n1. The molecule has 2 fully saturated rings. The van der Waals surface area contributed by atoms with Crippen molar-refractivity contribution in [1.29, 1.82) is 0 Å². The van der Waals surface area contributed by atoms with Gasteiger partial charge in [-0.25, -0.2) is 9.97 Å². The molecule has 0 saturated carbocycles. The van der Waals surface area contributed by atoms with Crippen molar-refractivity contribution in [1.82, 2.24) is 19.9 Å². The van der Waals surface area contributed by atoms with Gasteiger partial charge >= 0.3 is 6.18 Å². The van der Waals surface area contributed by atoms with Crippen LogP contribution in [-0.2, 0) is 17.5 Å². The highest BCUT2D eigenvalue weighted by molar-refractivity contribution is 5.51. The van der Waals surface area contributed by atoms with Crippen LogP contribution in [-0.4, -0.2) is 72.3 Å². The summed E-state index contributed by atoms with van der Waals surface area (Å²) in [5.74, 6) is 2.59. The minimum absolute atomic E-state index is 0.584. The molecule has 2 aromatic rings. The second-order valence-electron chi connectivity index (χ2n) is 7.54. The van der Waals surface area contributed by atoms with Gasteiger partial charge in [0.05, 0.1) is 13.2 Å². The molecule has 30 heavy (non-hydrogen) atoms. The number of alkyl halides is 3. The van der Waals surface area contributed by atoms with Crippen LogP contribution >= 0.6 is 0 Å². The van der Waals surface area contributed by atoms with Crippen molar-refractivity contribution in [3.63, 3.8) is 0 Å². The Balaban J connectivity index is 1.36. The fourth-order valence-electron chi connectivity index (χ4n) is 3.73. The van der Waals surface area contributed by atoms with E-state index in [2.05, 4.69) is 29.7 Å². The zero-order chi connectivity index (χ0) is 21.1. The first-order chi connectivity index (χ1) is 14.4. The summed E-state index contributed by atoms with van der Waals surface area (Å²) in [6.07, 6.45) is -3.09. The van der Waals surface area contributed by atoms with Gasteiger partial charge in [-0.2, -0.15) is 13.2 Å². The lowest BCUT2D eigenvalue weighted by Crippen LogP contribution is -2.46. The first-order valence-corrected chi connectivity index (χ1v) is 10.1. The number of piperazine rings is 1. The Hall–Kier alpha value is -2.46. The maximum Gasteiger partial charge on any atom is 0.433 e. The number of morpholine rings is 1. The molecule has 2 aliphatic heterocycles. The van der Waals surface area contributed by atoms with Gasteiger partial charge in [-0.3, -0.25) is 9.88 Å². The third-order valence-corrected chi connectivity index (χ3v) is 5.36. The van der Waals surface area contributed by atoms with Gasteiger partial charge in [0.1, 0.15) is 23.2 Å². The van der Waals surface area contributed by atoms with E-state index in [-0.39, 0.29) is 0 Å². The summed E-state index contributed by atoms with van der Waals surface area (Å²) in [6, 6.07) is 4.58. The first-order valence-electron chi connectivity index (χ1n) is 10.1. The number of aromatic nitrogens is 3. The van der Waals surface area contributed by atoms with E-state index in [1.807, 2.05) is 13.0 Å². The number of rotatable bonds is 4. The normalized spacial score (nSPS) is 18.7. The summed E-state index contributed by atoms with van der Waals surface area (Å²) >= 11 is 0. The molecule has 0 radical (unpaired) electrons. The number of pyridine rings is 1. The predicted molar refractivity (Wildman–Crippen MR) is 107 cm³/mol. The van der Waals surface area contributed by atoms with Crippen LogP contribution in [0.15, 0.2) is 24.4 Å². The van der Waals surface area contributed by atoms with Crippen molar-refractivity contribution in [2.75, 3.05) is 62.3 Å². The molecule has 7 nitrogen and oxygen atoms in total. The summed E-state index contributed by atoms with van der Waals surface area (Å²) in [4.78, 5) is 19.4. The number of ether oxygens (including phenoxy) is 1. The average molecular weight is 422 g/mol. The maximum absolute atomic E-state index is 12.7. The highest BCUT2D eigenvalue weighted by Crippen LogP contribution is 2.27. The Bertz CT molecular complexity index is 847. The number of nitrogens with zero attached hydrogens (tertiary/aromatic N) is 6. The fourth-order valence-corrected chi connectivity index (χ4v) is 3.73. The lowest BCUT2D eigenvalue weighted by atomic mass is 10.2. The predicted octanol–water partition coefficient (Wildman–Crippen LogP) is 2.36. The molecule has 0 amide bonds. The van der Waals surface area contributed by atoms with Crippen LogP contribution in [0.3, 0.4) is 0 Å². The smallest absolute Gasteiger partial charge is 0.378 e. The summed E-state index contributed by atoms with van der Waals surface area (Å²) in [7, 11) is 0. The van der Waals surface area contributed by atoms with E-state index in [0.717, 1.165) is 68.4 Å². The Morgan fingerprint density at radius 3 is 2.13 bits per heavy atom. The highest BCUT2D eigenvalue weighted by Gasteiger charge is 2.32. The number of aryl methyl sites for hydroxylation is 1. The fraction of sp³-hybridized carbons (Fsp3) is 0.550. The second-order valence-corrected chi connectivity index (χ2v) is 7.54. The molecular formula is C20H25F3N6O. The third kappa shape index (κ3) is 4.99. The number of anilines is 2. The van der Waals surface area contributed by atoms with E-state index in [0.29, 0.717) is 19.8 Å². The van der Waals surface area contributed by atoms with Crippen LogP contribution in [0.1, 0.15) is 17.1 Å². The van der Waals surface area contributed by atoms with Gasteiger partial charge in [-0.05, 0) is 18.6 Å². The molecule has 2 aliphatic rings. The number of halogens is 3. The summed E-state index contributed by atoms with van der Waals surface area (Å²) < 4.78 is 43.4. The van der Waals surface area contributed by atoms with E-state index >= 15 is 0 Å². The standard InChI is InChI=1S/C20H25F3N6O/c1-15-25-18(12-19(26-15)29-8-10-30-11-9-29)28-6-4-27(5-7-28)14-16-2-3-17(24-13-16)20(21,22)23/h2-3,12-13H,4-11,14H2,1H3. The average Bonchev–Trinajstić information content (AvgIpc) is 2.74. The lowest BCUT2D eigenvalue weighted by molar-refractivity contribution is -0.141. The zero-order valence-corrected chi connectivity index (χ0v) is 16.9. The van der Waals surface area contributed by atoms with Crippen molar-refractivity contribution in [3.05, 3.63) is 41.5 Å². The number of hydrogen-bond acceptors (Lipinski definition) is 7. The zero-order valence-electron chi connectivity index (χ0n) is 16.9. The largest absolute Gasteiger partial charge is 0.433 e. The molecule has 0 bridgehead atoms. The molecule has 0 aliphatic carbocycles.